The van der Waals surface area contributed by atoms with Gasteiger partial charge in [-0.15, -0.1) is 0 Å². The summed E-state index contributed by atoms with van der Waals surface area (Å²) < 4.78 is 19.8. The number of ether oxygens (including phenoxy) is 1. The van der Waals surface area contributed by atoms with Gasteiger partial charge in [-0.05, 0) is 37.3 Å². The van der Waals surface area contributed by atoms with Gasteiger partial charge in [0.1, 0.15) is 11.7 Å². The third-order valence-electron chi connectivity index (χ3n) is 5.29. The predicted octanol–water partition coefficient (Wildman–Crippen LogP) is 4.04. The van der Waals surface area contributed by atoms with Crippen molar-refractivity contribution in [2.24, 2.45) is 16.8 Å². The Morgan fingerprint density at radius 3 is 2.68 bits per heavy atom. The van der Waals surface area contributed by atoms with Crippen molar-refractivity contribution >= 4 is 17.6 Å². The predicted molar refractivity (Wildman–Crippen MR) is 92.9 cm³/mol. The summed E-state index contributed by atoms with van der Waals surface area (Å²) in [6.07, 6.45) is 5.80. The van der Waals surface area contributed by atoms with Gasteiger partial charge in [0.05, 0.1) is 6.61 Å². The normalized spacial score (nSPS) is 24.7. The molecule has 1 amide bonds. The third-order valence-corrected chi connectivity index (χ3v) is 5.29. The van der Waals surface area contributed by atoms with Gasteiger partial charge < -0.3 is 4.74 Å². The largest absolute Gasteiger partial charge is 0.465 e. The van der Waals surface area contributed by atoms with Crippen LogP contribution >= 0.6 is 0 Å². The number of hydrogen-bond donors (Lipinski definition) is 0. The van der Waals surface area contributed by atoms with E-state index in [1.54, 1.807) is 25.1 Å². The fraction of sp³-hybridized carbons (Fsp3) is 0.550. The SMILES string of the molecule is CC1=NC(=O)CC(c2ccccc2F)C1C(=O)OCC1CCCCC1. The van der Waals surface area contributed by atoms with Gasteiger partial charge in [0.15, 0.2) is 0 Å². The first-order valence-corrected chi connectivity index (χ1v) is 9.05. The standard InChI is InChI=1S/C20H24FNO3/c1-13-19(20(24)25-12-14-7-3-2-4-8-14)16(11-18(23)22-13)15-9-5-6-10-17(15)21/h5-6,9-10,14,16,19H,2-4,7-8,11-12H2,1H3. The molecular formula is C20H24FNO3. The van der Waals surface area contributed by atoms with Crippen molar-refractivity contribution in [2.75, 3.05) is 6.61 Å². The Morgan fingerprint density at radius 1 is 1.24 bits per heavy atom. The lowest BCUT2D eigenvalue weighted by Crippen LogP contribution is -2.36. The molecule has 2 atom stereocenters. The minimum absolute atomic E-state index is 0.0292. The van der Waals surface area contributed by atoms with Crippen LogP contribution in [0.25, 0.3) is 0 Å². The molecule has 1 aromatic rings. The van der Waals surface area contributed by atoms with Crippen LogP contribution in [0.1, 0.15) is 56.9 Å². The highest BCUT2D eigenvalue weighted by Gasteiger charge is 2.39. The van der Waals surface area contributed by atoms with Crippen LogP contribution in [-0.4, -0.2) is 24.2 Å². The number of benzene rings is 1. The molecule has 5 heteroatoms. The maximum absolute atomic E-state index is 14.2. The van der Waals surface area contributed by atoms with Gasteiger partial charge in [-0.1, -0.05) is 37.5 Å². The fourth-order valence-electron chi connectivity index (χ4n) is 3.95. The number of hydrogen-bond acceptors (Lipinski definition) is 3. The molecule has 1 aliphatic heterocycles. The highest BCUT2D eigenvalue weighted by molar-refractivity contribution is 6.08. The van der Waals surface area contributed by atoms with Crippen LogP contribution in [0.2, 0.25) is 0 Å². The number of carbonyl (C=O) groups excluding carboxylic acids is 2. The van der Waals surface area contributed by atoms with Crippen molar-refractivity contribution in [3.8, 4) is 0 Å². The van der Waals surface area contributed by atoms with E-state index in [9.17, 15) is 14.0 Å². The van der Waals surface area contributed by atoms with E-state index in [1.165, 1.54) is 25.3 Å². The number of nitrogens with zero attached hydrogens (tertiary/aromatic N) is 1. The summed E-state index contributed by atoms with van der Waals surface area (Å²) in [7, 11) is 0. The highest BCUT2D eigenvalue weighted by Crippen LogP contribution is 2.35. The molecule has 0 spiro atoms. The Balaban J connectivity index is 1.77. The Morgan fingerprint density at radius 2 is 1.96 bits per heavy atom. The summed E-state index contributed by atoms with van der Waals surface area (Å²) in [5.41, 5.74) is 0.794. The molecule has 1 heterocycles. The van der Waals surface area contributed by atoms with Crippen molar-refractivity contribution in [1.82, 2.24) is 0 Å². The molecule has 4 nitrogen and oxygen atoms in total. The first-order valence-electron chi connectivity index (χ1n) is 9.05. The molecule has 0 N–H and O–H groups in total. The van der Waals surface area contributed by atoms with Crippen molar-refractivity contribution in [2.45, 2.75) is 51.4 Å². The third kappa shape index (κ3) is 4.14. The van der Waals surface area contributed by atoms with E-state index in [-0.39, 0.29) is 12.3 Å². The quantitative estimate of drug-likeness (QED) is 0.774. The lowest BCUT2D eigenvalue weighted by Gasteiger charge is -2.29. The van der Waals surface area contributed by atoms with E-state index >= 15 is 0 Å². The number of rotatable bonds is 4. The molecule has 134 valence electrons. The van der Waals surface area contributed by atoms with Gasteiger partial charge in [0.25, 0.3) is 0 Å². The van der Waals surface area contributed by atoms with Gasteiger partial charge in [-0.2, -0.15) is 0 Å². The van der Waals surface area contributed by atoms with E-state index in [0.29, 0.717) is 23.8 Å². The van der Waals surface area contributed by atoms with E-state index in [4.69, 9.17) is 4.74 Å². The van der Waals surface area contributed by atoms with Crippen LogP contribution < -0.4 is 0 Å². The van der Waals surface area contributed by atoms with Crippen LogP contribution in [0.4, 0.5) is 4.39 Å². The average Bonchev–Trinajstić information content (AvgIpc) is 2.60. The molecule has 0 bridgehead atoms. The zero-order valence-electron chi connectivity index (χ0n) is 14.5. The number of amides is 1. The lowest BCUT2D eigenvalue weighted by atomic mass is 9.78. The molecule has 0 saturated heterocycles. The molecule has 3 rings (SSSR count). The molecule has 0 aromatic heterocycles. The van der Waals surface area contributed by atoms with E-state index in [0.717, 1.165) is 12.8 Å². The molecule has 0 radical (unpaired) electrons. The second-order valence-electron chi connectivity index (χ2n) is 7.09. The van der Waals surface area contributed by atoms with Crippen molar-refractivity contribution in [1.29, 1.82) is 0 Å². The molecule has 1 aliphatic carbocycles. The summed E-state index contributed by atoms with van der Waals surface area (Å²) in [5.74, 6) is -1.95. The molecule has 2 unspecified atom stereocenters. The zero-order valence-corrected chi connectivity index (χ0v) is 14.5. The number of aliphatic imine (C=N–C) groups is 1. The average molecular weight is 345 g/mol. The smallest absolute Gasteiger partial charge is 0.315 e. The molecule has 25 heavy (non-hydrogen) atoms. The topological polar surface area (TPSA) is 55.7 Å². The number of halogens is 1. The van der Waals surface area contributed by atoms with Crippen LogP contribution in [0.15, 0.2) is 29.3 Å². The van der Waals surface area contributed by atoms with Crippen molar-refractivity contribution in [3.63, 3.8) is 0 Å². The lowest BCUT2D eigenvalue weighted by molar-refractivity contribution is -0.148. The number of esters is 1. The first kappa shape index (κ1) is 17.8. The monoisotopic (exact) mass is 345 g/mol. The second kappa shape index (κ2) is 7.89. The van der Waals surface area contributed by atoms with Gasteiger partial charge in [-0.3, -0.25) is 9.59 Å². The highest BCUT2D eigenvalue weighted by atomic mass is 19.1. The summed E-state index contributed by atoms with van der Waals surface area (Å²) in [5, 5.41) is 0. The minimum Gasteiger partial charge on any atom is -0.465 e. The molecule has 1 fully saturated rings. The summed E-state index contributed by atoms with van der Waals surface area (Å²) in [6.45, 7) is 2.05. The van der Waals surface area contributed by atoms with Crippen LogP contribution in [-0.2, 0) is 14.3 Å². The Hall–Kier alpha value is -2.04. The summed E-state index contributed by atoms with van der Waals surface area (Å²) >= 11 is 0. The molecule has 2 aliphatic rings. The summed E-state index contributed by atoms with van der Waals surface area (Å²) in [4.78, 5) is 28.5. The zero-order chi connectivity index (χ0) is 17.8. The second-order valence-corrected chi connectivity index (χ2v) is 7.09. The maximum atomic E-state index is 14.2. The molecule has 1 saturated carbocycles. The molecular weight excluding hydrogens is 321 g/mol. The fourth-order valence-corrected chi connectivity index (χ4v) is 3.95. The van der Waals surface area contributed by atoms with E-state index in [2.05, 4.69) is 4.99 Å². The van der Waals surface area contributed by atoms with Gasteiger partial charge in [0.2, 0.25) is 5.91 Å². The Labute approximate surface area is 147 Å². The van der Waals surface area contributed by atoms with Gasteiger partial charge >= 0.3 is 5.97 Å². The van der Waals surface area contributed by atoms with E-state index in [1.807, 2.05) is 0 Å². The van der Waals surface area contributed by atoms with Crippen molar-refractivity contribution < 1.29 is 18.7 Å². The first-order chi connectivity index (χ1) is 12.1. The molecule has 1 aromatic carbocycles. The van der Waals surface area contributed by atoms with Gasteiger partial charge in [-0.25, -0.2) is 9.38 Å². The van der Waals surface area contributed by atoms with Crippen LogP contribution in [0.5, 0.6) is 0 Å². The Kier molecular flexibility index (Phi) is 5.61. The van der Waals surface area contributed by atoms with E-state index < -0.39 is 23.6 Å². The minimum atomic E-state index is -0.696. The van der Waals surface area contributed by atoms with Crippen LogP contribution in [0, 0.1) is 17.7 Å². The summed E-state index contributed by atoms with van der Waals surface area (Å²) in [6, 6.07) is 6.30. The van der Waals surface area contributed by atoms with Crippen LogP contribution in [0.3, 0.4) is 0 Å². The maximum Gasteiger partial charge on any atom is 0.315 e. The van der Waals surface area contributed by atoms with Crippen molar-refractivity contribution in [3.05, 3.63) is 35.6 Å². The number of carbonyl (C=O) groups is 2. The van der Waals surface area contributed by atoms with Gasteiger partial charge in [0, 0.05) is 18.1 Å². The Bertz CT molecular complexity index is 679.